The molecule has 0 amide bonds. The number of carbonyl (C=O) groups excluding carboxylic acids is 1. The lowest BCUT2D eigenvalue weighted by atomic mass is 10.2. The maximum absolute atomic E-state index is 10.9. The van der Waals surface area contributed by atoms with Gasteiger partial charge >= 0.3 is 0 Å². The van der Waals surface area contributed by atoms with Crippen LogP contribution < -0.4 is 5.32 Å². The summed E-state index contributed by atoms with van der Waals surface area (Å²) in [6, 6.07) is 0. The molecule has 1 aliphatic rings. The van der Waals surface area contributed by atoms with Crippen LogP contribution in [0.15, 0.2) is 0 Å². The third-order valence-electron chi connectivity index (χ3n) is 2.59. The zero-order chi connectivity index (χ0) is 10.3. The minimum Gasteiger partial charge on any atom is -0.304 e. The van der Waals surface area contributed by atoms with Gasteiger partial charge < -0.3 is 5.32 Å². The van der Waals surface area contributed by atoms with Crippen molar-refractivity contribution in [3.05, 3.63) is 0 Å². The lowest BCUT2D eigenvalue weighted by Gasteiger charge is -2.13. The summed E-state index contributed by atoms with van der Waals surface area (Å²) >= 11 is 0. The Kier molecular flexibility index (Phi) is 5.97. The molecular formula is C11H23NO. The molecule has 0 saturated heterocycles. The summed E-state index contributed by atoms with van der Waals surface area (Å²) in [5, 5.41) is 3.32. The summed E-state index contributed by atoms with van der Waals surface area (Å²) < 4.78 is 0. The average Bonchev–Trinajstić information content (AvgIpc) is 2.98. The van der Waals surface area contributed by atoms with Crippen molar-refractivity contribution >= 4 is 5.78 Å². The highest BCUT2D eigenvalue weighted by atomic mass is 16.1. The highest BCUT2D eigenvalue weighted by molar-refractivity contribution is 5.80. The minimum atomic E-state index is 0.324. The highest BCUT2D eigenvalue weighted by Gasteiger charge is 2.40. The molecule has 1 N–H and O–H groups in total. The van der Waals surface area contributed by atoms with Gasteiger partial charge in [0, 0.05) is 12.0 Å². The number of carbonyl (C=O) groups is 1. The smallest absolute Gasteiger partial charge is 0.146 e. The molecule has 2 heteroatoms. The molecular weight excluding hydrogens is 162 g/mol. The van der Waals surface area contributed by atoms with Crippen LogP contribution in [0.4, 0.5) is 0 Å². The van der Waals surface area contributed by atoms with E-state index in [0.717, 1.165) is 6.42 Å². The zero-order valence-corrected chi connectivity index (χ0v) is 9.44. The molecule has 2 nitrogen and oxygen atoms in total. The summed E-state index contributed by atoms with van der Waals surface area (Å²) in [6.45, 7) is 8.66. The van der Waals surface area contributed by atoms with Crippen LogP contribution in [0.1, 0.15) is 53.4 Å². The van der Waals surface area contributed by atoms with Crippen LogP contribution >= 0.6 is 0 Å². The first kappa shape index (κ1) is 12.6. The van der Waals surface area contributed by atoms with Crippen molar-refractivity contribution in [2.24, 2.45) is 0 Å². The van der Waals surface area contributed by atoms with E-state index in [2.05, 4.69) is 12.2 Å². The van der Waals surface area contributed by atoms with Crippen LogP contribution in [0.2, 0.25) is 0 Å². The van der Waals surface area contributed by atoms with E-state index in [-0.39, 0.29) is 0 Å². The number of hydrogen-bond donors (Lipinski definition) is 1. The Morgan fingerprint density at radius 2 is 1.85 bits per heavy atom. The van der Waals surface area contributed by atoms with Gasteiger partial charge in [0.1, 0.15) is 5.78 Å². The first-order chi connectivity index (χ1) is 6.22. The predicted octanol–water partition coefficient (Wildman–Crippen LogP) is 2.52. The summed E-state index contributed by atoms with van der Waals surface area (Å²) in [5.41, 5.74) is 0.352. The summed E-state index contributed by atoms with van der Waals surface area (Å²) in [6.07, 6.45) is 4.32. The molecule has 78 valence electrons. The standard InChI is InChI=1S/C9H17NO.C2H6/c1-3-8(11)7-10-9(4-2)5-6-9;1-2/h10H,3-7H2,1-2H3;1-2H3. The molecule has 1 saturated carbocycles. The molecule has 13 heavy (non-hydrogen) atoms. The largest absolute Gasteiger partial charge is 0.304 e. The van der Waals surface area contributed by atoms with Gasteiger partial charge in [0.05, 0.1) is 6.54 Å². The van der Waals surface area contributed by atoms with Crippen LogP contribution in [-0.4, -0.2) is 17.9 Å². The number of nitrogens with one attached hydrogen (secondary N) is 1. The molecule has 0 spiro atoms. The van der Waals surface area contributed by atoms with Crippen LogP contribution in [-0.2, 0) is 4.79 Å². The SMILES string of the molecule is CC.CCC(=O)CNC1(CC)CC1. The van der Waals surface area contributed by atoms with E-state index in [4.69, 9.17) is 0 Å². The fourth-order valence-electron chi connectivity index (χ4n) is 1.22. The van der Waals surface area contributed by atoms with Gasteiger partial charge in [-0.25, -0.2) is 0 Å². The fraction of sp³-hybridized carbons (Fsp3) is 0.909. The minimum absolute atomic E-state index is 0.324. The van der Waals surface area contributed by atoms with E-state index < -0.39 is 0 Å². The van der Waals surface area contributed by atoms with Crippen LogP contribution in [0, 0.1) is 0 Å². The fourth-order valence-corrected chi connectivity index (χ4v) is 1.22. The third-order valence-corrected chi connectivity index (χ3v) is 2.59. The Hall–Kier alpha value is -0.370. The van der Waals surface area contributed by atoms with E-state index in [1.807, 2.05) is 20.8 Å². The van der Waals surface area contributed by atoms with Gasteiger partial charge in [0.2, 0.25) is 0 Å². The Balaban J connectivity index is 0.000000671. The van der Waals surface area contributed by atoms with Crippen LogP contribution in [0.25, 0.3) is 0 Å². The monoisotopic (exact) mass is 185 g/mol. The lowest BCUT2D eigenvalue weighted by Crippen LogP contribution is -2.34. The van der Waals surface area contributed by atoms with Gasteiger partial charge in [-0.3, -0.25) is 4.79 Å². The number of ketones is 1. The number of rotatable bonds is 5. The van der Waals surface area contributed by atoms with Crippen molar-refractivity contribution in [3.8, 4) is 0 Å². The Morgan fingerprint density at radius 3 is 2.15 bits per heavy atom. The van der Waals surface area contributed by atoms with Gasteiger partial charge in [-0.05, 0) is 19.3 Å². The molecule has 0 aliphatic heterocycles. The van der Waals surface area contributed by atoms with Gasteiger partial charge in [0.25, 0.3) is 0 Å². The van der Waals surface area contributed by atoms with Gasteiger partial charge in [-0.15, -0.1) is 0 Å². The average molecular weight is 185 g/mol. The molecule has 0 aromatic heterocycles. The second-order valence-corrected chi connectivity index (χ2v) is 3.38. The lowest BCUT2D eigenvalue weighted by molar-refractivity contribution is -0.118. The molecule has 1 fully saturated rings. The highest BCUT2D eigenvalue weighted by Crippen LogP contribution is 2.37. The molecule has 1 rings (SSSR count). The maximum atomic E-state index is 10.9. The quantitative estimate of drug-likeness (QED) is 0.713. The maximum Gasteiger partial charge on any atom is 0.146 e. The first-order valence-corrected chi connectivity index (χ1v) is 5.49. The number of hydrogen-bond acceptors (Lipinski definition) is 2. The topological polar surface area (TPSA) is 29.1 Å². The normalized spacial score (nSPS) is 17.2. The first-order valence-electron chi connectivity index (χ1n) is 5.49. The van der Waals surface area contributed by atoms with E-state index in [9.17, 15) is 4.79 Å². The van der Waals surface area contributed by atoms with E-state index in [1.54, 1.807) is 0 Å². The Bertz CT molecular complexity index is 150. The van der Waals surface area contributed by atoms with Gasteiger partial charge in [-0.1, -0.05) is 27.7 Å². The molecule has 0 aromatic rings. The van der Waals surface area contributed by atoms with E-state index in [1.165, 1.54) is 12.8 Å². The predicted molar refractivity (Wildman–Crippen MR) is 56.9 cm³/mol. The molecule has 0 radical (unpaired) electrons. The summed E-state index contributed by atoms with van der Waals surface area (Å²) in [5.74, 6) is 0.324. The van der Waals surface area contributed by atoms with Crippen molar-refractivity contribution in [2.75, 3.05) is 6.54 Å². The second kappa shape index (κ2) is 6.14. The Labute approximate surface area is 82.1 Å². The van der Waals surface area contributed by atoms with E-state index >= 15 is 0 Å². The van der Waals surface area contributed by atoms with Gasteiger partial charge in [-0.2, -0.15) is 0 Å². The molecule has 0 unspecified atom stereocenters. The van der Waals surface area contributed by atoms with Crippen LogP contribution in [0.3, 0.4) is 0 Å². The Morgan fingerprint density at radius 1 is 1.31 bits per heavy atom. The van der Waals surface area contributed by atoms with Crippen molar-refractivity contribution in [2.45, 2.75) is 58.9 Å². The second-order valence-electron chi connectivity index (χ2n) is 3.38. The molecule has 1 aliphatic carbocycles. The summed E-state index contributed by atoms with van der Waals surface area (Å²) in [4.78, 5) is 10.9. The van der Waals surface area contributed by atoms with Crippen molar-refractivity contribution in [1.29, 1.82) is 0 Å². The molecule has 0 bridgehead atoms. The number of Topliss-reactive ketones (excluding diaryl/α,β-unsaturated/α-hetero) is 1. The molecule has 0 atom stereocenters. The van der Waals surface area contributed by atoms with E-state index in [0.29, 0.717) is 24.3 Å². The van der Waals surface area contributed by atoms with Crippen molar-refractivity contribution < 1.29 is 4.79 Å². The molecule has 0 aromatic carbocycles. The van der Waals surface area contributed by atoms with Crippen molar-refractivity contribution in [1.82, 2.24) is 5.32 Å². The van der Waals surface area contributed by atoms with Crippen molar-refractivity contribution in [3.63, 3.8) is 0 Å². The van der Waals surface area contributed by atoms with Crippen LogP contribution in [0.5, 0.6) is 0 Å². The summed E-state index contributed by atoms with van der Waals surface area (Å²) in [7, 11) is 0. The molecule has 0 heterocycles. The van der Waals surface area contributed by atoms with Gasteiger partial charge in [0.15, 0.2) is 0 Å². The zero-order valence-electron chi connectivity index (χ0n) is 9.44. The third kappa shape index (κ3) is 4.41.